The van der Waals surface area contributed by atoms with Gasteiger partial charge in [0.2, 0.25) is 10.0 Å². The Kier molecular flexibility index (Phi) is 4.53. The third kappa shape index (κ3) is 4.71. The maximum atomic E-state index is 12.0. The van der Waals surface area contributed by atoms with E-state index in [1.807, 2.05) is 0 Å². The zero-order chi connectivity index (χ0) is 15.5. The normalized spacial score (nSPS) is 16.3. The first kappa shape index (κ1) is 15.8. The Morgan fingerprint density at radius 3 is 2.38 bits per heavy atom. The maximum Gasteiger partial charge on any atom is 0.251 e. The van der Waals surface area contributed by atoms with Crippen molar-refractivity contribution < 1.29 is 18.3 Å². The fourth-order valence-electron chi connectivity index (χ4n) is 2.20. The van der Waals surface area contributed by atoms with Crippen molar-refractivity contribution in [3.05, 3.63) is 29.8 Å². The molecule has 1 amide bonds. The van der Waals surface area contributed by atoms with E-state index in [0.29, 0.717) is 24.2 Å². The van der Waals surface area contributed by atoms with E-state index in [1.165, 1.54) is 0 Å². The van der Waals surface area contributed by atoms with Crippen LogP contribution in [0, 0.1) is 5.41 Å². The third-order valence-electron chi connectivity index (χ3n) is 3.67. The van der Waals surface area contributed by atoms with Crippen LogP contribution in [0.2, 0.25) is 0 Å². The van der Waals surface area contributed by atoms with Gasteiger partial charge in [0, 0.05) is 24.4 Å². The van der Waals surface area contributed by atoms with Gasteiger partial charge in [-0.1, -0.05) is 0 Å². The van der Waals surface area contributed by atoms with Gasteiger partial charge in [-0.2, -0.15) is 0 Å². The van der Waals surface area contributed by atoms with Gasteiger partial charge < -0.3 is 10.4 Å². The standard InChI is InChI=1S/C14H20N2O4S/c1-21(19,20)16-12-4-2-11(3-5-12)13(18)15-10-14(6-7-14)8-9-17/h2-5,16-17H,6-10H2,1H3,(H,15,18). The van der Waals surface area contributed by atoms with Crippen LogP contribution < -0.4 is 10.0 Å². The molecule has 0 saturated heterocycles. The summed E-state index contributed by atoms with van der Waals surface area (Å²) in [6.45, 7) is 0.706. The zero-order valence-corrected chi connectivity index (χ0v) is 12.7. The van der Waals surface area contributed by atoms with Crippen molar-refractivity contribution in [2.75, 3.05) is 24.1 Å². The summed E-state index contributed by atoms with van der Waals surface area (Å²) >= 11 is 0. The average molecular weight is 312 g/mol. The van der Waals surface area contributed by atoms with Gasteiger partial charge >= 0.3 is 0 Å². The molecular weight excluding hydrogens is 292 g/mol. The van der Waals surface area contributed by atoms with Crippen LogP contribution >= 0.6 is 0 Å². The first-order chi connectivity index (χ1) is 9.84. The molecule has 2 rings (SSSR count). The van der Waals surface area contributed by atoms with Crippen molar-refractivity contribution in [3.8, 4) is 0 Å². The van der Waals surface area contributed by atoms with Gasteiger partial charge in [-0.05, 0) is 48.9 Å². The van der Waals surface area contributed by atoms with Gasteiger partial charge in [-0.25, -0.2) is 8.42 Å². The third-order valence-corrected chi connectivity index (χ3v) is 4.28. The molecule has 1 aliphatic carbocycles. The second-order valence-corrected chi connectivity index (χ2v) is 7.36. The molecule has 7 heteroatoms. The lowest BCUT2D eigenvalue weighted by molar-refractivity contribution is 0.0941. The molecule has 6 nitrogen and oxygen atoms in total. The largest absolute Gasteiger partial charge is 0.396 e. The van der Waals surface area contributed by atoms with Crippen LogP contribution in [0.25, 0.3) is 0 Å². The van der Waals surface area contributed by atoms with Gasteiger partial charge in [0.15, 0.2) is 0 Å². The lowest BCUT2D eigenvalue weighted by Gasteiger charge is -2.14. The molecule has 0 heterocycles. The van der Waals surface area contributed by atoms with Crippen molar-refractivity contribution in [1.29, 1.82) is 0 Å². The quantitative estimate of drug-likeness (QED) is 0.698. The molecule has 1 aliphatic rings. The van der Waals surface area contributed by atoms with Crippen molar-refractivity contribution in [2.45, 2.75) is 19.3 Å². The van der Waals surface area contributed by atoms with Gasteiger partial charge in [0.25, 0.3) is 5.91 Å². The minimum atomic E-state index is -3.31. The minimum absolute atomic E-state index is 0.0716. The average Bonchev–Trinajstić information content (AvgIpc) is 3.16. The summed E-state index contributed by atoms with van der Waals surface area (Å²) in [4.78, 5) is 12.0. The van der Waals surface area contributed by atoms with E-state index in [9.17, 15) is 13.2 Å². The SMILES string of the molecule is CS(=O)(=O)Nc1ccc(C(=O)NCC2(CCO)CC2)cc1. The molecule has 1 aromatic rings. The monoisotopic (exact) mass is 312 g/mol. The van der Waals surface area contributed by atoms with E-state index in [4.69, 9.17) is 5.11 Å². The summed E-state index contributed by atoms with van der Waals surface area (Å²) in [5.74, 6) is -0.190. The number of sulfonamides is 1. The number of amides is 1. The molecule has 0 atom stereocenters. The van der Waals surface area contributed by atoms with E-state index in [1.54, 1.807) is 24.3 Å². The number of hydrogen-bond donors (Lipinski definition) is 3. The molecular formula is C14H20N2O4S. The Labute approximate surface area is 124 Å². The lowest BCUT2D eigenvalue weighted by atomic mass is 10.0. The number of aliphatic hydroxyl groups excluding tert-OH is 1. The highest BCUT2D eigenvalue weighted by molar-refractivity contribution is 7.92. The summed E-state index contributed by atoms with van der Waals surface area (Å²) in [6, 6.07) is 6.26. The van der Waals surface area contributed by atoms with Gasteiger partial charge in [-0.3, -0.25) is 9.52 Å². The molecule has 0 bridgehead atoms. The highest BCUT2D eigenvalue weighted by Gasteiger charge is 2.41. The van der Waals surface area contributed by atoms with Crippen molar-refractivity contribution >= 4 is 21.6 Å². The second kappa shape index (κ2) is 6.03. The molecule has 0 aliphatic heterocycles. The summed E-state index contributed by atoms with van der Waals surface area (Å²) in [7, 11) is -3.31. The van der Waals surface area contributed by atoms with Crippen LogP contribution in [0.15, 0.2) is 24.3 Å². The Balaban J connectivity index is 1.91. The van der Waals surface area contributed by atoms with Crippen molar-refractivity contribution in [2.24, 2.45) is 5.41 Å². The number of nitrogens with one attached hydrogen (secondary N) is 2. The number of carbonyl (C=O) groups is 1. The topological polar surface area (TPSA) is 95.5 Å². The number of aliphatic hydroxyl groups is 1. The van der Waals surface area contributed by atoms with Crippen molar-refractivity contribution in [3.63, 3.8) is 0 Å². The van der Waals surface area contributed by atoms with Gasteiger partial charge in [0.05, 0.1) is 6.26 Å². The molecule has 0 aromatic heterocycles. The van der Waals surface area contributed by atoms with E-state index in [0.717, 1.165) is 19.1 Å². The smallest absolute Gasteiger partial charge is 0.251 e. The highest BCUT2D eigenvalue weighted by atomic mass is 32.2. The van der Waals surface area contributed by atoms with E-state index >= 15 is 0 Å². The molecule has 0 unspecified atom stereocenters. The molecule has 1 aromatic carbocycles. The minimum Gasteiger partial charge on any atom is -0.396 e. The number of benzene rings is 1. The molecule has 3 N–H and O–H groups in total. The van der Waals surface area contributed by atoms with Crippen LogP contribution in [0.4, 0.5) is 5.69 Å². The van der Waals surface area contributed by atoms with E-state index in [-0.39, 0.29) is 17.9 Å². The molecule has 0 radical (unpaired) electrons. The first-order valence-corrected chi connectivity index (χ1v) is 8.70. The Bertz CT molecular complexity index is 606. The number of carbonyl (C=O) groups excluding carboxylic acids is 1. The summed E-state index contributed by atoms with van der Waals surface area (Å²) in [5.41, 5.74) is 0.976. The van der Waals surface area contributed by atoms with Crippen LogP contribution in [0.1, 0.15) is 29.6 Å². The van der Waals surface area contributed by atoms with E-state index in [2.05, 4.69) is 10.0 Å². The maximum absolute atomic E-state index is 12.0. The summed E-state index contributed by atoms with van der Waals surface area (Å²) < 4.78 is 24.5. The predicted molar refractivity (Wildman–Crippen MR) is 80.6 cm³/mol. The molecule has 21 heavy (non-hydrogen) atoms. The molecule has 1 fully saturated rings. The Hall–Kier alpha value is -1.60. The summed E-state index contributed by atoms with van der Waals surface area (Å²) in [5, 5.41) is 11.8. The second-order valence-electron chi connectivity index (χ2n) is 5.61. The van der Waals surface area contributed by atoms with Gasteiger partial charge in [0.1, 0.15) is 0 Å². The predicted octanol–water partition coefficient (Wildman–Crippen LogP) is 0.950. The fraction of sp³-hybridized carbons (Fsp3) is 0.500. The molecule has 1 saturated carbocycles. The number of anilines is 1. The first-order valence-electron chi connectivity index (χ1n) is 6.81. The summed E-state index contributed by atoms with van der Waals surface area (Å²) in [6.07, 6.45) is 3.85. The van der Waals surface area contributed by atoms with Crippen LogP contribution in [-0.4, -0.2) is 38.8 Å². The van der Waals surface area contributed by atoms with Crippen molar-refractivity contribution in [1.82, 2.24) is 5.32 Å². The van der Waals surface area contributed by atoms with Crippen LogP contribution in [0.3, 0.4) is 0 Å². The lowest BCUT2D eigenvalue weighted by Crippen LogP contribution is -2.30. The zero-order valence-electron chi connectivity index (χ0n) is 11.9. The Morgan fingerprint density at radius 2 is 1.90 bits per heavy atom. The fourth-order valence-corrected chi connectivity index (χ4v) is 2.77. The highest BCUT2D eigenvalue weighted by Crippen LogP contribution is 2.47. The van der Waals surface area contributed by atoms with Crippen LogP contribution in [-0.2, 0) is 10.0 Å². The molecule has 116 valence electrons. The van der Waals surface area contributed by atoms with Gasteiger partial charge in [-0.15, -0.1) is 0 Å². The molecule has 0 spiro atoms. The van der Waals surface area contributed by atoms with E-state index < -0.39 is 10.0 Å². The number of rotatable bonds is 7. The number of hydrogen-bond acceptors (Lipinski definition) is 4. The Morgan fingerprint density at radius 1 is 1.29 bits per heavy atom. The van der Waals surface area contributed by atoms with Crippen LogP contribution in [0.5, 0.6) is 0 Å².